The first-order valence-corrected chi connectivity index (χ1v) is 4.97. The smallest absolute Gasteiger partial charge is 0.465 e. The standard InChI is InChI=1S/C9H7BrF3NO3/c1-16-8(15)4-2-6(14)5(10)3-7(4)17-9(11,12)13/h2-3H,14H2,1H3. The zero-order valence-electron chi connectivity index (χ0n) is 8.47. The van der Waals surface area contributed by atoms with Crippen LogP contribution in [0.5, 0.6) is 5.75 Å². The van der Waals surface area contributed by atoms with Gasteiger partial charge in [0.05, 0.1) is 7.11 Å². The van der Waals surface area contributed by atoms with Gasteiger partial charge in [0.1, 0.15) is 11.3 Å². The molecule has 0 aliphatic heterocycles. The molecule has 1 rings (SSSR count). The number of methoxy groups -OCH3 is 1. The Morgan fingerprint density at radius 1 is 1.41 bits per heavy atom. The molecule has 1 aromatic rings. The number of hydrogen-bond acceptors (Lipinski definition) is 4. The summed E-state index contributed by atoms with van der Waals surface area (Å²) in [5.41, 5.74) is 5.15. The first-order chi connectivity index (χ1) is 7.74. The van der Waals surface area contributed by atoms with Crippen molar-refractivity contribution in [3.8, 4) is 5.75 Å². The van der Waals surface area contributed by atoms with Crippen molar-refractivity contribution in [2.24, 2.45) is 0 Å². The SMILES string of the molecule is COC(=O)c1cc(N)c(Br)cc1OC(F)(F)F. The van der Waals surface area contributed by atoms with Gasteiger partial charge in [0.25, 0.3) is 0 Å². The van der Waals surface area contributed by atoms with Crippen LogP contribution in [0, 0.1) is 0 Å². The highest BCUT2D eigenvalue weighted by Gasteiger charge is 2.33. The molecule has 0 bridgehead atoms. The molecule has 0 unspecified atom stereocenters. The number of carbonyl (C=O) groups is 1. The van der Waals surface area contributed by atoms with E-state index in [1.165, 1.54) is 0 Å². The molecule has 0 heterocycles. The van der Waals surface area contributed by atoms with E-state index in [0.717, 1.165) is 19.2 Å². The van der Waals surface area contributed by atoms with Crippen LogP contribution in [0.2, 0.25) is 0 Å². The Morgan fingerprint density at radius 2 is 2.00 bits per heavy atom. The third-order valence-corrected chi connectivity index (χ3v) is 2.42. The Balaban J connectivity index is 3.26. The van der Waals surface area contributed by atoms with E-state index in [4.69, 9.17) is 5.73 Å². The summed E-state index contributed by atoms with van der Waals surface area (Å²) in [6.45, 7) is 0. The van der Waals surface area contributed by atoms with Crippen LogP contribution in [-0.2, 0) is 4.74 Å². The minimum atomic E-state index is -4.90. The van der Waals surface area contributed by atoms with Gasteiger partial charge in [0.15, 0.2) is 0 Å². The second-order valence-electron chi connectivity index (χ2n) is 2.91. The summed E-state index contributed by atoms with van der Waals surface area (Å²) >= 11 is 2.93. The van der Waals surface area contributed by atoms with Crippen LogP contribution in [0.25, 0.3) is 0 Å². The van der Waals surface area contributed by atoms with Crippen molar-refractivity contribution in [1.82, 2.24) is 0 Å². The summed E-state index contributed by atoms with van der Waals surface area (Å²) in [4.78, 5) is 11.2. The average Bonchev–Trinajstić information content (AvgIpc) is 2.20. The number of esters is 1. The molecule has 0 radical (unpaired) electrons. The summed E-state index contributed by atoms with van der Waals surface area (Å²) < 4.78 is 44.5. The van der Waals surface area contributed by atoms with E-state index in [1.807, 2.05) is 0 Å². The molecule has 0 saturated carbocycles. The van der Waals surface area contributed by atoms with Crippen LogP contribution < -0.4 is 10.5 Å². The molecule has 4 nitrogen and oxygen atoms in total. The summed E-state index contributed by atoms with van der Waals surface area (Å²) in [5.74, 6) is -1.64. The topological polar surface area (TPSA) is 61.5 Å². The summed E-state index contributed by atoms with van der Waals surface area (Å²) in [6, 6.07) is 1.99. The first-order valence-electron chi connectivity index (χ1n) is 4.17. The second kappa shape index (κ2) is 4.82. The molecule has 0 saturated heterocycles. The largest absolute Gasteiger partial charge is 0.573 e. The molecule has 0 aromatic heterocycles. The van der Waals surface area contributed by atoms with Gasteiger partial charge in [0, 0.05) is 10.2 Å². The molecule has 17 heavy (non-hydrogen) atoms. The molecule has 1 aromatic carbocycles. The number of benzene rings is 1. The lowest BCUT2D eigenvalue weighted by Crippen LogP contribution is -2.19. The minimum absolute atomic E-state index is 0.0972. The average molecular weight is 314 g/mol. The number of anilines is 1. The highest BCUT2D eigenvalue weighted by Crippen LogP contribution is 2.33. The number of hydrogen-bond donors (Lipinski definition) is 1. The molecular formula is C9H7BrF3NO3. The van der Waals surface area contributed by atoms with E-state index in [1.54, 1.807) is 0 Å². The van der Waals surface area contributed by atoms with Gasteiger partial charge in [-0.15, -0.1) is 13.2 Å². The van der Waals surface area contributed by atoms with E-state index in [-0.39, 0.29) is 10.2 Å². The second-order valence-corrected chi connectivity index (χ2v) is 3.76. The minimum Gasteiger partial charge on any atom is -0.465 e. The number of ether oxygens (including phenoxy) is 2. The van der Waals surface area contributed by atoms with Crippen molar-refractivity contribution in [2.75, 3.05) is 12.8 Å². The fourth-order valence-corrected chi connectivity index (χ4v) is 1.37. The van der Waals surface area contributed by atoms with Crippen LogP contribution >= 0.6 is 15.9 Å². The zero-order valence-corrected chi connectivity index (χ0v) is 10.1. The van der Waals surface area contributed by atoms with Gasteiger partial charge < -0.3 is 15.2 Å². The lowest BCUT2D eigenvalue weighted by atomic mass is 10.2. The summed E-state index contributed by atoms with van der Waals surface area (Å²) in [6.07, 6.45) is -4.90. The van der Waals surface area contributed by atoms with Crippen LogP contribution in [0.3, 0.4) is 0 Å². The van der Waals surface area contributed by atoms with Crippen LogP contribution in [0.4, 0.5) is 18.9 Å². The maximum absolute atomic E-state index is 12.1. The molecule has 0 amide bonds. The van der Waals surface area contributed by atoms with E-state index >= 15 is 0 Å². The normalized spacial score (nSPS) is 11.1. The van der Waals surface area contributed by atoms with Crippen LogP contribution in [-0.4, -0.2) is 19.4 Å². The maximum atomic E-state index is 12.1. The number of nitrogen functional groups attached to an aromatic ring is 1. The van der Waals surface area contributed by atoms with Gasteiger partial charge in [-0.05, 0) is 28.1 Å². The van der Waals surface area contributed by atoms with Gasteiger partial charge >= 0.3 is 12.3 Å². The Labute approximate surface area is 103 Å². The van der Waals surface area contributed by atoms with E-state index in [9.17, 15) is 18.0 Å². The Morgan fingerprint density at radius 3 is 2.47 bits per heavy atom. The van der Waals surface area contributed by atoms with E-state index < -0.39 is 23.6 Å². The molecule has 8 heteroatoms. The van der Waals surface area contributed by atoms with Gasteiger partial charge in [-0.1, -0.05) is 0 Å². The summed E-state index contributed by atoms with van der Waals surface area (Å²) in [5, 5.41) is 0. The zero-order chi connectivity index (χ0) is 13.2. The molecule has 0 fully saturated rings. The van der Waals surface area contributed by atoms with Crippen molar-refractivity contribution in [3.63, 3.8) is 0 Å². The Hall–Kier alpha value is -1.44. The number of rotatable bonds is 2. The fraction of sp³-hybridized carbons (Fsp3) is 0.222. The maximum Gasteiger partial charge on any atom is 0.573 e. The van der Waals surface area contributed by atoms with Crippen molar-refractivity contribution >= 4 is 27.6 Å². The highest BCUT2D eigenvalue weighted by molar-refractivity contribution is 9.10. The molecule has 0 aliphatic carbocycles. The number of carbonyl (C=O) groups excluding carboxylic acids is 1. The quantitative estimate of drug-likeness (QED) is 0.673. The third kappa shape index (κ3) is 3.52. The lowest BCUT2D eigenvalue weighted by molar-refractivity contribution is -0.274. The third-order valence-electron chi connectivity index (χ3n) is 1.73. The van der Waals surface area contributed by atoms with E-state index in [2.05, 4.69) is 25.4 Å². The van der Waals surface area contributed by atoms with Crippen LogP contribution in [0.1, 0.15) is 10.4 Å². The van der Waals surface area contributed by atoms with Crippen molar-refractivity contribution in [1.29, 1.82) is 0 Å². The lowest BCUT2D eigenvalue weighted by Gasteiger charge is -2.13. The predicted molar refractivity (Wildman–Crippen MR) is 56.6 cm³/mol. The van der Waals surface area contributed by atoms with Gasteiger partial charge in [0.2, 0.25) is 0 Å². The Bertz CT molecular complexity index is 448. The van der Waals surface area contributed by atoms with Crippen molar-refractivity contribution in [2.45, 2.75) is 6.36 Å². The fourth-order valence-electron chi connectivity index (χ4n) is 1.05. The van der Waals surface area contributed by atoms with Crippen molar-refractivity contribution in [3.05, 3.63) is 22.2 Å². The molecule has 94 valence electrons. The van der Waals surface area contributed by atoms with E-state index in [0.29, 0.717) is 0 Å². The summed E-state index contributed by atoms with van der Waals surface area (Å²) in [7, 11) is 1.04. The predicted octanol–water partition coefficient (Wildman–Crippen LogP) is 2.72. The van der Waals surface area contributed by atoms with Crippen molar-refractivity contribution < 1.29 is 27.4 Å². The molecule has 0 atom stereocenters. The number of halogens is 4. The highest BCUT2D eigenvalue weighted by atomic mass is 79.9. The monoisotopic (exact) mass is 313 g/mol. The Kier molecular flexibility index (Phi) is 3.87. The van der Waals surface area contributed by atoms with Gasteiger partial charge in [-0.25, -0.2) is 4.79 Å². The van der Waals surface area contributed by atoms with Gasteiger partial charge in [-0.2, -0.15) is 0 Å². The molecule has 0 spiro atoms. The number of alkyl halides is 3. The molecular weight excluding hydrogens is 307 g/mol. The first kappa shape index (κ1) is 13.6. The van der Waals surface area contributed by atoms with Gasteiger partial charge in [-0.3, -0.25) is 0 Å². The van der Waals surface area contributed by atoms with Crippen LogP contribution in [0.15, 0.2) is 16.6 Å². The molecule has 0 aliphatic rings. The molecule has 2 N–H and O–H groups in total. The number of nitrogens with two attached hydrogens (primary N) is 1.